The van der Waals surface area contributed by atoms with Gasteiger partial charge in [-0.25, -0.2) is 9.78 Å². The van der Waals surface area contributed by atoms with Crippen molar-refractivity contribution in [3.63, 3.8) is 0 Å². The molecule has 0 saturated heterocycles. The van der Waals surface area contributed by atoms with Crippen LogP contribution in [0.4, 0.5) is 23.7 Å². The molecule has 246 valence electrons. The largest absolute Gasteiger partial charge is 0.493 e. The Morgan fingerprint density at radius 3 is 2.20 bits per heavy atom. The fourth-order valence-corrected chi connectivity index (χ4v) is 4.59. The van der Waals surface area contributed by atoms with Crippen LogP contribution in [0.25, 0.3) is 22.3 Å². The molecule has 4 rings (SSSR count). The van der Waals surface area contributed by atoms with Crippen LogP contribution in [-0.2, 0) is 11.3 Å². The summed E-state index contributed by atoms with van der Waals surface area (Å²) < 4.78 is 60.5. The molecule has 4 aromatic rings. The predicted octanol–water partition coefficient (Wildman–Crippen LogP) is 6.62. The van der Waals surface area contributed by atoms with Gasteiger partial charge in [0.15, 0.2) is 11.5 Å². The van der Waals surface area contributed by atoms with Crippen molar-refractivity contribution in [1.29, 1.82) is 0 Å². The highest BCUT2D eigenvalue weighted by atomic mass is 19.4. The van der Waals surface area contributed by atoms with Crippen LogP contribution < -0.4 is 19.1 Å². The van der Waals surface area contributed by atoms with E-state index in [1.54, 1.807) is 70.3 Å². The minimum absolute atomic E-state index is 0.197. The summed E-state index contributed by atoms with van der Waals surface area (Å²) in [6.07, 6.45) is -5.02. The molecule has 3 aromatic heterocycles. The van der Waals surface area contributed by atoms with Crippen LogP contribution in [-0.4, -0.2) is 78.6 Å². The molecular formula is C32H36F3N5O6. The first-order chi connectivity index (χ1) is 21.6. The third-order valence-corrected chi connectivity index (χ3v) is 6.83. The highest BCUT2D eigenvalue weighted by Crippen LogP contribution is 2.41. The van der Waals surface area contributed by atoms with Crippen LogP contribution in [0.5, 0.6) is 17.2 Å². The number of pyridine rings is 2. The van der Waals surface area contributed by atoms with Gasteiger partial charge in [0.05, 0.1) is 62.4 Å². The number of rotatable bonds is 10. The third kappa shape index (κ3) is 8.17. The van der Waals surface area contributed by atoms with Crippen LogP contribution in [0.3, 0.4) is 0 Å². The monoisotopic (exact) mass is 643 g/mol. The minimum Gasteiger partial charge on any atom is -0.493 e. The number of fused-ring (bicyclic) bond motifs is 1. The van der Waals surface area contributed by atoms with E-state index in [1.165, 1.54) is 32.4 Å². The van der Waals surface area contributed by atoms with Gasteiger partial charge in [0.1, 0.15) is 11.3 Å². The maximum absolute atomic E-state index is 13.5. The zero-order valence-corrected chi connectivity index (χ0v) is 26.6. The van der Waals surface area contributed by atoms with Crippen molar-refractivity contribution < 1.29 is 41.7 Å². The number of H-pyrrole nitrogens is 1. The van der Waals surface area contributed by atoms with Crippen molar-refractivity contribution in [1.82, 2.24) is 19.9 Å². The number of nitrogens with one attached hydrogen (secondary N) is 1. The molecule has 46 heavy (non-hydrogen) atoms. The molecule has 1 N–H and O–H groups in total. The van der Waals surface area contributed by atoms with Gasteiger partial charge in [-0.3, -0.25) is 9.78 Å². The van der Waals surface area contributed by atoms with E-state index in [4.69, 9.17) is 23.9 Å². The Kier molecular flexibility index (Phi) is 9.98. The Hall–Kier alpha value is -5.01. The quantitative estimate of drug-likeness (QED) is 0.205. The van der Waals surface area contributed by atoms with Crippen LogP contribution in [0, 0.1) is 0 Å². The molecule has 0 spiro atoms. The van der Waals surface area contributed by atoms with E-state index in [2.05, 4.69) is 9.97 Å². The number of hydrogen-bond donors (Lipinski definition) is 1. The van der Waals surface area contributed by atoms with E-state index in [1.807, 2.05) is 0 Å². The molecular weight excluding hydrogens is 607 g/mol. The second-order valence-electron chi connectivity index (χ2n) is 11.4. The molecule has 2 amide bonds. The van der Waals surface area contributed by atoms with Crippen LogP contribution in [0.1, 0.15) is 43.4 Å². The summed E-state index contributed by atoms with van der Waals surface area (Å²) in [5.74, 6) is 0.840. The Bertz CT molecular complexity index is 1690. The maximum atomic E-state index is 13.5. The summed E-state index contributed by atoms with van der Waals surface area (Å²) in [6, 6.07) is 11.8. The molecule has 0 bridgehead atoms. The lowest BCUT2D eigenvalue weighted by Gasteiger charge is -2.27. The molecule has 0 radical (unpaired) electrons. The average Bonchev–Trinajstić information content (AvgIpc) is 3.44. The maximum Gasteiger partial charge on any atom is 0.410 e. The molecule has 0 aliphatic heterocycles. The van der Waals surface area contributed by atoms with Crippen molar-refractivity contribution >= 4 is 28.7 Å². The van der Waals surface area contributed by atoms with Crippen molar-refractivity contribution in [2.45, 2.75) is 45.5 Å². The van der Waals surface area contributed by atoms with E-state index >= 15 is 0 Å². The van der Waals surface area contributed by atoms with Crippen LogP contribution in [0.15, 0.2) is 48.7 Å². The molecule has 11 nitrogen and oxygen atoms in total. The fourth-order valence-electron chi connectivity index (χ4n) is 4.59. The number of benzene rings is 1. The average molecular weight is 644 g/mol. The number of halogens is 3. The van der Waals surface area contributed by atoms with Gasteiger partial charge in [-0.15, -0.1) is 0 Å². The minimum atomic E-state index is -4.45. The standard InChI is InChI=1S/C32H36F3N5O6/c1-31(2,3)46-30(42)40(13-11-32(33,34)35)18-20-14-19(10-12-36-20)22-8-9-23-24(37-22)17-25(38-23)29(41)39(4)21-15-26(43-5)28(45-7)27(16-21)44-6/h8-10,12,14-17,38H,11,13,18H2,1-7H3. The van der Waals surface area contributed by atoms with Crippen molar-refractivity contribution in [3.8, 4) is 28.5 Å². The normalized spacial score (nSPS) is 11.7. The lowest BCUT2D eigenvalue weighted by molar-refractivity contribution is -0.137. The highest BCUT2D eigenvalue weighted by Gasteiger charge is 2.31. The van der Waals surface area contributed by atoms with Crippen LogP contribution in [0.2, 0.25) is 0 Å². The van der Waals surface area contributed by atoms with E-state index in [0.717, 1.165) is 4.90 Å². The lowest BCUT2D eigenvalue weighted by atomic mass is 10.1. The number of amides is 2. The van der Waals surface area contributed by atoms with Gasteiger partial charge in [0, 0.05) is 37.5 Å². The smallest absolute Gasteiger partial charge is 0.410 e. The number of anilines is 1. The Morgan fingerprint density at radius 1 is 0.935 bits per heavy atom. The number of methoxy groups -OCH3 is 3. The Labute approximate surface area is 264 Å². The first-order valence-corrected chi connectivity index (χ1v) is 14.2. The molecule has 0 aliphatic carbocycles. The van der Waals surface area contributed by atoms with Crippen molar-refractivity contribution in [2.24, 2.45) is 0 Å². The third-order valence-electron chi connectivity index (χ3n) is 6.83. The number of aromatic nitrogens is 3. The number of alkyl halides is 3. The summed E-state index contributed by atoms with van der Waals surface area (Å²) in [4.78, 5) is 40.6. The van der Waals surface area contributed by atoms with Gasteiger partial charge in [-0.05, 0) is 51.1 Å². The first kappa shape index (κ1) is 33.9. The van der Waals surface area contributed by atoms with Gasteiger partial charge in [0.25, 0.3) is 5.91 Å². The lowest BCUT2D eigenvalue weighted by Crippen LogP contribution is -2.38. The van der Waals surface area contributed by atoms with Crippen molar-refractivity contribution in [2.75, 3.05) is 39.8 Å². The first-order valence-electron chi connectivity index (χ1n) is 14.2. The van der Waals surface area contributed by atoms with E-state index in [9.17, 15) is 22.8 Å². The fraction of sp³-hybridized carbons (Fsp3) is 0.375. The molecule has 0 aliphatic rings. The molecule has 0 atom stereocenters. The second kappa shape index (κ2) is 13.5. The summed E-state index contributed by atoms with van der Waals surface area (Å²) in [7, 11) is 6.08. The van der Waals surface area contributed by atoms with Gasteiger partial charge in [0.2, 0.25) is 5.75 Å². The van der Waals surface area contributed by atoms with Gasteiger partial charge >= 0.3 is 12.3 Å². The van der Waals surface area contributed by atoms with Gasteiger partial charge < -0.3 is 33.7 Å². The molecule has 0 fully saturated rings. The number of carbonyl (C=O) groups is 2. The summed E-state index contributed by atoms with van der Waals surface area (Å²) in [5.41, 5.74) is 2.53. The van der Waals surface area contributed by atoms with E-state index in [-0.39, 0.29) is 18.1 Å². The topological polar surface area (TPSA) is 119 Å². The molecule has 0 unspecified atom stereocenters. The summed E-state index contributed by atoms with van der Waals surface area (Å²) >= 11 is 0. The number of aromatic amines is 1. The van der Waals surface area contributed by atoms with E-state index in [0.29, 0.717) is 50.9 Å². The van der Waals surface area contributed by atoms with Gasteiger partial charge in [-0.1, -0.05) is 0 Å². The molecule has 3 heterocycles. The Morgan fingerprint density at radius 2 is 1.61 bits per heavy atom. The summed E-state index contributed by atoms with van der Waals surface area (Å²) in [5, 5.41) is 0. The zero-order valence-electron chi connectivity index (χ0n) is 26.6. The number of hydrogen-bond acceptors (Lipinski definition) is 8. The predicted molar refractivity (Wildman–Crippen MR) is 165 cm³/mol. The molecule has 14 heteroatoms. The molecule has 1 aromatic carbocycles. The summed E-state index contributed by atoms with van der Waals surface area (Å²) in [6.45, 7) is 4.13. The highest BCUT2D eigenvalue weighted by molar-refractivity contribution is 6.07. The zero-order chi connectivity index (χ0) is 33.8. The van der Waals surface area contributed by atoms with Gasteiger partial charge in [-0.2, -0.15) is 13.2 Å². The van der Waals surface area contributed by atoms with E-state index < -0.39 is 30.8 Å². The number of nitrogens with zero attached hydrogens (tertiary/aromatic N) is 4. The van der Waals surface area contributed by atoms with Crippen molar-refractivity contribution in [3.05, 3.63) is 60.0 Å². The second-order valence-corrected chi connectivity index (χ2v) is 11.4. The SMILES string of the molecule is COc1cc(N(C)C(=O)c2cc3nc(-c4ccnc(CN(CCC(F)(F)F)C(=O)OC(C)(C)C)c4)ccc3[nH]2)cc(OC)c1OC. The molecule has 0 saturated carbocycles. The number of carbonyl (C=O) groups excluding carboxylic acids is 2. The number of ether oxygens (including phenoxy) is 4. The van der Waals surface area contributed by atoms with Crippen LogP contribution >= 0.6 is 0 Å². The Balaban J connectivity index is 1.58.